The maximum absolute atomic E-state index is 10.1. The molecule has 0 unspecified atom stereocenters. The molecule has 5 rings (SSSR count). The van der Waals surface area contributed by atoms with Crippen molar-refractivity contribution in [3.63, 3.8) is 0 Å². The zero-order valence-electron chi connectivity index (χ0n) is 12.8. The maximum Gasteiger partial charge on any atom is 0.133 e. The number of hydrogen-bond donors (Lipinski definition) is 1. The Morgan fingerprint density at radius 3 is 3.00 bits per heavy atom. The lowest BCUT2D eigenvalue weighted by Gasteiger charge is -2.30. The van der Waals surface area contributed by atoms with Crippen molar-refractivity contribution in [2.75, 3.05) is 11.4 Å². The van der Waals surface area contributed by atoms with E-state index in [4.69, 9.17) is 0 Å². The molecule has 23 heavy (non-hydrogen) atoms. The van der Waals surface area contributed by atoms with E-state index in [2.05, 4.69) is 22.0 Å². The number of aromatic hydroxyl groups is 1. The molecule has 0 amide bonds. The maximum atomic E-state index is 10.1. The van der Waals surface area contributed by atoms with Gasteiger partial charge in [0.1, 0.15) is 5.75 Å². The minimum atomic E-state index is 0.411. The first-order chi connectivity index (χ1) is 11.3. The van der Waals surface area contributed by atoms with Crippen molar-refractivity contribution in [2.24, 2.45) is 0 Å². The summed E-state index contributed by atoms with van der Waals surface area (Å²) in [6.07, 6.45) is 7.62. The van der Waals surface area contributed by atoms with Crippen LogP contribution in [0.1, 0.15) is 34.8 Å². The van der Waals surface area contributed by atoms with Crippen LogP contribution in [-0.4, -0.2) is 16.6 Å². The van der Waals surface area contributed by atoms with Crippen LogP contribution in [0.25, 0.3) is 10.1 Å². The van der Waals surface area contributed by atoms with Gasteiger partial charge < -0.3 is 10.0 Å². The molecule has 3 aromatic rings. The van der Waals surface area contributed by atoms with E-state index in [-0.39, 0.29) is 0 Å². The number of pyridine rings is 1. The summed E-state index contributed by atoms with van der Waals surface area (Å²) in [5, 5.41) is 11.3. The number of benzene rings is 1. The Hall–Kier alpha value is -2.07. The molecule has 1 N–H and O–H groups in total. The van der Waals surface area contributed by atoms with Crippen LogP contribution >= 0.6 is 11.3 Å². The Labute approximate surface area is 139 Å². The molecule has 2 aliphatic rings. The number of anilines is 1. The van der Waals surface area contributed by atoms with Crippen LogP contribution in [0.5, 0.6) is 5.75 Å². The molecular weight excluding hydrogens is 304 g/mol. The van der Waals surface area contributed by atoms with Gasteiger partial charge in [0.25, 0.3) is 0 Å². The van der Waals surface area contributed by atoms with E-state index >= 15 is 0 Å². The normalized spacial score (nSPS) is 17.5. The van der Waals surface area contributed by atoms with Crippen LogP contribution in [0, 0.1) is 0 Å². The van der Waals surface area contributed by atoms with Gasteiger partial charge in [-0.25, -0.2) is 0 Å². The smallest absolute Gasteiger partial charge is 0.133 e. The Kier molecular flexibility index (Phi) is 2.89. The zero-order chi connectivity index (χ0) is 15.4. The lowest BCUT2D eigenvalue weighted by atomic mass is 10.0. The minimum absolute atomic E-state index is 0.411. The van der Waals surface area contributed by atoms with Crippen molar-refractivity contribution in [3.8, 4) is 5.75 Å². The van der Waals surface area contributed by atoms with Crippen LogP contribution < -0.4 is 4.90 Å². The van der Waals surface area contributed by atoms with Gasteiger partial charge in [-0.15, -0.1) is 11.3 Å². The summed E-state index contributed by atoms with van der Waals surface area (Å²) in [5.41, 5.74) is 4.16. The number of fused-ring (bicyclic) bond motifs is 3. The van der Waals surface area contributed by atoms with Crippen molar-refractivity contribution < 1.29 is 5.11 Å². The molecule has 3 heterocycles. The predicted molar refractivity (Wildman–Crippen MR) is 94.5 cm³/mol. The summed E-state index contributed by atoms with van der Waals surface area (Å²) in [5.74, 6) is 1.14. The van der Waals surface area contributed by atoms with E-state index in [0.29, 0.717) is 5.75 Å². The summed E-state index contributed by atoms with van der Waals surface area (Å²) >= 11 is 1.75. The second-order valence-electron chi connectivity index (χ2n) is 6.54. The van der Waals surface area contributed by atoms with Gasteiger partial charge in [0.2, 0.25) is 0 Å². The molecule has 1 aliphatic carbocycles. The van der Waals surface area contributed by atoms with Crippen molar-refractivity contribution in [3.05, 3.63) is 52.7 Å². The zero-order valence-corrected chi connectivity index (χ0v) is 13.6. The number of phenols is 1. The fourth-order valence-electron chi connectivity index (χ4n) is 3.69. The van der Waals surface area contributed by atoms with Crippen molar-refractivity contribution >= 4 is 27.1 Å². The summed E-state index contributed by atoms with van der Waals surface area (Å²) in [6.45, 7) is 1.95. The highest BCUT2D eigenvalue weighted by molar-refractivity contribution is 7.19. The van der Waals surface area contributed by atoms with Gasteiger partial charge in [-0.05, 0) is 48.4 Å². The average Bonchev–Trinajstić information content (AvgIpc) is 3.36. The largest absolute Gasteiger partial charge is 0.506 e. The molecule has 4 heteroatoms. The van der Waals surface area contributed by atoms with E-state index in [1.54, 1.807) is 17.4 Å². The highest BCUT2D eigenvalue weighted by Gasteiger charge is 2.29. The molecule has 1 aliphatic heterocycles. The number of phenolic OH excluding ortho intramolecular Hbond substituents is 1. The summed E-state index contributed by atoms with van der Waals surface area (Å²) in [6, 6.07) is 8.07. The summed E-state index contributed by atoms with van der Waals surface area (Å²) < 4.78 is 1.04. The van der Waals surface area contributed by atoms with Crippen molar-refractivity contribution in [2.45, 2.75) is 31.7 Å². The molecule has 0 atom stereocenters. The SMILES string of the molecule is Oc1cccc2c3c(sc12)CCN(c1cnccc1C1CC1)C3. The number of thiophene rings is 1. The highest BCUT2D eigenvalue weighted by atomic mass is 32.1. The molecular formula is C19H18N2OS. The van der Waals surface area contributed by atoms with E-state index in [1.165, 1.54) is 39.9 Å². The lowest BCUT2D eigenvalue weighted by Crippen LogP contribution is -2.30. The summed E-state index contributed by atoms with van der Waals surface area (Å²) in [7, 11) is 0. The monoisotopic (exact) mass is 322 g/mol. The Morgan fingerprint density at radius 1 is 1.22 bits per heavy atom. The standard InChI is InChI=1S/C19H18N2OS/c22-17-3-1-2-14-15-11-21(9-7-18(15)23-19(14)17)16-10-20-8-6-13(16)12-4-5-12/h1-3,6,8,10,12,22H,4-5,7,9,11H2. The topological polar surface area (TPSA) is 36.4 Å². The molecule has 0 spiro atoms. The minimum Gasteiger partial charge on any atom is -0.506 e. The fraction of sp³-hybridized carbons (Fsp3) is 0.316. The van der Waals surface area contributed by atoms with Gasteiger partial charge in [0.05, 0.1) is 16.6 Å². The first-order valence-electron chi connectivity index (χ1n) is 8.22. The molecule has 0 radical (unpaired) electrons. The Balaban J connectivity index is 1.58. The molecule has 1 aromatic carbocycles. The van der Waals surface area contributed by atoms with Crippen molar-refractivity contribution in [1.82, 2.24) is 4.98 Å². The lowest BCUT2D eigenvalue weighted by molar-refractivity contribution is 0.482. The van der Waals surface area contributed by atoms with Gasteiger partial charge in [0.15, 0.2) is 0 Å². The van der Waals surface area contributed by atoms with E-state index in [0.717, 1.165) is 30.1 Å². The highest BCUT2D eigenvalue weighted by Crippen LogP contribution is 2.46. The third-order valence-corrected chi connectivity index (χ3v) is 6.36. The molecule has 0 bridgehead atoms. The quantitative estimate of drug-likeness (QED) is 0.757. The van der Waals surface area contributed by atoms with Gasteiger partial charge in [-0.3, -0.25) is 4.98 Å². The first kappa shape index (κ1) is 13.4. The fourth-order valence-corrected chi connectivity index (χ4v) is 4.90. The number of rotatable bonds is 2. The van der Waals surface area contributed by atoms with Crippen LogP contribution in [0.4, 0.5) is 5.69 Å². The Bertz CT molecular complexity index is 898. The number of nitrogens with zero attached hydrogens (tertiary/aromatic N) is 2. The van der Waals surface area contributed by atoms with Gasteiger partial charge in [-0.1, -0.05) is 12.1 Å². The van der Waals surface area contributed by atoms with E-state index in [1.807, 2.05) is 18.5 Å². The second-order valence-corrected chi connectivity index (χ2v) is 7.64. The molecule has 0 saturated heterocycles. The number of aromatic nitrogens is 1. The average molecular weight is 322 g/mol. The van der Waals surface area contributed by atoms with Gasteiger partial charge >= 0.3 is 0 Å². The predicted octanol–water partition coefficient (Wildman–Crippen LogP) is 4.44. The molecule has 2 aromatic heterocycles. The molecule has 1 saturated carbocycles. The van der Waals surface area contributed by atoms with E-state index in [9.17, 15) is 5.11 Å². The third kappa shape index (κ3) is 2.12. The van der Waals surface area contributed by atoms with Crippen LogP contribution in [0.15, 0.2) is 36.7 Å². The summed E-state index contributed by atoms with van der Waals surface area (Å²) in [4.78, 5) is 8.27. The van der Waals surface area contributed by atoms with Gasteiger partial charge in [-0.2, -0.15) is 0 Å². The first-order valence-corrected chi connectivity index (χ1v) is 9.04. The van der Waals surface area contributed by atoms with E-state index < -0.39 is 0 Å². The third-order valence-electron chi connectivity index (χ3n) is 5.03. The van der Waals surface area contributed by atoms with Crippen molar-refractivity contribution in [1.29, 1.82) is 0 Å². The Morgan fingerprint density at radius 2 is 2.13 bits per heavy atom. The van der Waals surface area contributed by atoms with Crippen LogP contribution in [-0.2, 0) is 13.0 Å². The molecule has 116 valence electrons. The van der Waals surface area contributed by atoms with Crippen LogP contribution in [0.2, 0.25) is 0 Å². The van der Waals surface area contributed by atoms with Gasteiger partial charge in [0, 0.05) is 29.5 Å². The molecule has 3 nitrogen and oxygen atoms in total. The van der Waals surface area contributed by atoms with Crippen LogP contribution in [0.3, 0.4) is 0 Å². The second kappa shape index (κ2) is 4.96. The number of hydrogen-bond acceptors (Lipinski definition) is 4. The molecule has 1 fully saturated rings.